The zero-order chi connectivity index (χ0) is 18.3. The van der Waals surface area contributed by atoms with E-state index >= 15 is 0 Å². The lowest BCUT2D eigenvalue weighted by atomic mass is 9.86. The predicted octanol–water partition coefficient (Wildman–Crippen LogP) is 1.59. The first-order valence-corrected chi connectivity index (χ1v) is 8.43. The number of esters is 1. The molecule has 1 heterocycles. The monoisotopic (exact) mass is 350 g/mol. The molecule has 6 nitrogen and oxygen atoms in total. The van der Waals surface area contributed by atoms with Gasteiger partial charge in [-0.25, -0.2) is 4.79 Å². The topological polar surface area (TPSA) is 85.2 Å². The van der Waals surface area contributed by atoms with Gasteiger partial charge in [-0.3, -0.25) is 0 Å². The zero-order valence-electron chi connectivity index (χ0n) is 14.5. The van der Waals surface area contributed by atoms with E-state index in [1.807, 2.05) is 30.3 Å². The molecule has 2 N–H and O–H groups in total. The number of unbranched alkanes of at least 4 members (excludes halogenated alkanes) is 1. The molecule has 0 amide bonds. The minimum atomic E-state index is -1.85. The Bertz CT molecular complexity index is 560. The Labute approximate surface area is 148 Å². The summed E-state index contributed by atoms with van der Waals surface area (Å²) in [6.45, 7) is 4.05. The highest BCUT2D eigenvalue weighted by molar-refractivity contribution is 5.81. The lowest BCUT2D eigenvalue weighted by molar-refractivity contribution is -0.224. The fourth-order valence-electron chi connectivity index (χ4n) is 3.02. The smallest absolute Gasteiger partial charge is 0.343 e. The molecule has 1 aliphatic heterocycles. The number of benzene rings is 1. The summed E-state index contributed by atoms with van der Waals surface area (Å²) < 4.78 is 16.1. The first-order valence-electron chi connectivity index (χ1n) is 8.43. The summed E-state index contributed by atoms with van der Waals surface area (Å²) in [5, 5.41) is 21.2. The van der Waals surface area contributed by atoms with Crippen LogP contribution in [0.2, 0.25) is 0 Å². The van der Waals surface area contributed by atoms with Crippen molar-refractivity contribution < 1.29 is 29.2 Å². The van der Waals surface area contributed by atoms with Gasteiger partial charge in [0.1, 0.15) is 12.2 Å². The zero-order valence-corrected chi connectivity index (χ0v) is 14.5. The summed E-state index contributed by atoms with van der Waals surface area (Å²) in [5.74, 6) is -0.805. The van der Waals surface area contributed by atoms with E-state index in [4.69, 9.17) is 14.2 Å². The fraction of sp³-hybridized carbons (Fsp3) is 0.526. The van der Waals surface area contributed by atoms with Crippen molar-refractivity contribution in [3.05, 3.63) is 48.6 Å². The molecule has 1 fully saturated rings. The van der Waals surface area contributed by atoms with Gasteiger partial charge in [-0.15, -0.1) is 6.58 Å². The average Bonchev–Trinajstić information content (AvgIpc) is 2.96. The Balaban J connectivity index is 2.11. The molecule has 1 aromatic carbocycles. The minimum Gasteiger partial charge on any atom is -0.467 e. The molecule has 0 spiro atoms. The number of hydrogen-bond donors (Lipinski definition) is 2. The molecule has 0 bridgehead atoms. The average molecular weight is 350 g/mol. The van der Waals surface area contributed by atoms with E-state index in [0.29, 0.717) is 6.61 Å². The number of aliphatic hydroxyl groups is 2. The van der Waals surface area contributed by atoms with Gasteiger partial charge in [-0.1, -0.05) is 36.4 Å². The van der Waals surface area contributed by atoms with Crippen LogP contribution in [0.25, 0.3) is 0 Å². The van der Waals surface area contributed by atoms with Gasteiger partial charge in [-0.2, -0.15) is 0 Å². The molecule has 1 saturated heterocycles. The van der Waals surface area contributed by atoms with Gasteiger partial charge in [0.15, 0.2) is 6.29 Å². The van der Waals surface area contributed by atoms with E-state index in [1.165, 1.54) is 7.11 Å². The largest absolute Gasteiger partial charge is 0.467 e. The third-order valence-electron chi connectivity index (χ3n) is 4.36. The highest BCUT2D eigenvalue weighted by Gasteiger charge is 2.60. The number of rotatable bonds is 9. The summed E-state index contributed by atoms with van der Waals surface area (Å²) in [5.41, 5.74) is -1.03. The maximum Gasteiger partial charge on any atom is 0.343 e. The Morgan fingerprint density at radius 1 is 1.48 bits per heavy atom. The lowest BCUT2D eigenvalue weighted by Crippen LogP contribution is -2.58. The molecule has 1 aromatic rings. The maximum atomic E-state index is 12.4. The molecule has 6 heteroatoms. The van der Waals surface area contributed by atoms with Gasteiger partial charge >= 0.3 is 5.97 Å². The second-order valence-electron chi connectivity index (χ2n) is 6.09. The molecule has 25 heavy (non-hydrogen) atoms. The summed E-state index contributed by atoms with van der Waals surface area (Å²) >= 11 is 0. The molecule has 2 rings (SSSR count). The second kappa shape index (κ2) is 9.10. The highest BCUT2D eigenvalue weighted by Crippen LogP contribution is 2.37. The van der Waals surface area contributed by atoms with E-state index in [2.05, 4.69) is 6.58 Å². The number of carbonyl (C=O) groups is 1. The van der Waals surface area contributed by atoms with Crippen molar-refractivity contribution in [2.75, 3.05) is 13.7 Å². The van der Waals surface area contributed by atoms with Crippen molar-refractivity contribution in [1.29, 1.82) is 0 Å². The van der Waals surface area contributed by atoms with Gasteiger partial charge in [0.05, 0.1) is 13.7 Å². The van der Waals surface area contributed by atoms with Gasteiger partial charge < -0.3 is 24.4 Å². The maximum absolute atomic E-state index is 12.4. The molecule has 4 unspecified atom stereocenters. The van der Waals surface area contributed by atoms with Gasteiger partial charge in [0.2, 0.25) is 5.60 Å². The number of ether oxygens (including phenoxy) is 3. The van der Waals surface area contributed by atoms with Crippen LogP contribution < -0.4 is 0 Å². The molecule has 0 radical (unpaired) electrons. The first-order chi connectivity index (χ1) is 12.0. The summed E-state index contributed by atoms with van der Waals surface area (Å²) in [6.07, 6.45) is 0.332. The standard InChI is InChI=1S/C19H26O6/c1-3-4-8-11-24-17-13-16(21)19(25-17,18(22)23-2)15(20)12-14-9-6-5-7-10-14/h3,5-7,9-10,15-17,20-21H,1,4,8,11-13H2,2H3. The van der Waals surface area contributed by atoms with E-state index < -0.39 is 30.1 Å². The van der Waals surface area contributed by atoms with Gasteiger partial charge in [0.25, 0.3) is 0 Å². The summed E-state index contributed by atoms with van der Waals surface area (Å²) in [7, 11) is 1.20. The van der Waals surface area contributed by atoms with Crippen LogP contribution in [0, 0.1) is 0 Å². The molecule has 1 aliphatic rings. The quantitative estimate of drug-likeness (QED) is 0.400. The SMILES string of the molecule is C=CCCCOC1CC(O)C(C(=O)OC)(C(O)Cc2ccccc2)O1. The van der Waals surface area contributed by atoms with Crippen molar-refractivity contribution in [1.82, 2.24) is 0 Å². The van der Waals surface area contributed by atoms with Crippen LogP contribution in [0.5, 0.6) is 0 Å². The van der Waals surface area contributed by atoms with Crippen molar-refractivity contribution >= 4 is 5.97 Å². The molecule has 0 aliphatic carbocycles. The van der Waals surface area contributed by atoms with E-state index in [0.717, 1.165) is 18.4 Å². The highest BCUT2D eigenvalue weighted by atomic mass is 16.7. The van der Waals surface area contributed by atoms with Crippen LogP contribution in [0.1, 0.15) is 24.8 Å². The second-order valence-corrected chi connectivity index (χ2v) is 6.09. The van der Waals surface area contributed by atoms with Crippen LogP contribution in [0.3, 0.4) is 0 Å². The third-order valence-corrected chi connectivity index (χ3v) is 4.36. The fourth-order valence-corrected chi connectivity index (χ4v) is 3.02. The van der Waals surface area contributed by atoms with E-state index in [9.17, 15) is 15.0 Å². The van der Waals surface area contributed by atoms with E-state index in [-0.39, 0.29) is 12.8 Å². The normalized spacial score (nSPS) is 27.0. The summed E-state index contributed by atoms with van der Waals surface area (Å²) in [6, 6.07) is 9.20. The van der Waals surface area contributed by atoms with Crippen molar-refractivity contribution in [3.63, 3.8) is 0 Å². The Morgan fingerprint density at radius 3 is 2.84 bits per heavy atom. The first kappa shape index (κ1) is 19.6. The Morgan fingerprint density at radius 2 is 2.20 bits per heavy atom. The lowest BCUT2D eigenvalue weighted by Gasteiger charge is -2.33. The van der Waals surface area contributed by atoms with Gasteiger partial charge in [0, 0.05) is 12.8 Å². The van der Waals surface area contributed by atoms with Crippen molar-refractivity contribution in [2.45, 2.75) is 49.8 Å². The van der Waals surface area contributed by atoms with E-state index in [1.54, 1.807) is 6.08 Å². The van der Waals surface area contributed by atoms with Crippen LogP contribution >= 0.6 is 0 Å². The molecule has 138 valence electrons. The number of carbonyl (C=O) groups excluding carboxylic acids is 1. The molecular formula is C19H26O6. The summed E-state index contributed by atoms with van der Waals surface area (Å²) in [4.78, 5) is 12.4. The Kier molecular flexibility index (Phi) is 7.13. The van der Waals surface area contributed by atoms with Crippen molar-refractivity contribution in [2.24, 2.45) is 0 Å². The Hall–Kier alpha value is -1.73. The molecular weight excluding hydrogens is 324 g/mol. The molecule has 0 aromatic heterocycles. The minimum absolute atomic E-state index is 0.0923. The van der Waals surface area contributed by atoms with Crippen LogP contribution in [0.4, 0.5) is 0 Å². The number of aliphatic hydroxyl groups excluding tert-OH is 2. The van der Waals surface area contributed by atoms with Crippen molar-refractivity contribution in [3.8, 4) is 0 Å². The predicted molar refractivity (Wildman–Crippen MR) is 91.8 cm³/mol. The van der Waals surface area contributed by atoms with Crippen LogP contribution in [-0.2, 0) is 25.4 Å². The van der Waals surface area contributed by atoms with Crippen LogP contribution in [0.15, 0.2) is 43.0 Å². The molecule has 4 atom stereocenters. The third kappa shape index (κ3) is 4.46. The van der Waals surface area contributed by atoms with Crippen LogP contribution in [-0.4, -0.2) is 54.0 Å². The number of hydrogen-bond acceptors (Lipinski definition) is 6. The number of methoxy groups -OCH3 is 1. The van der Waals surface area contributed by atoms with Gasteiger partial charge in [-0.05, 0) is 18.4 Å². The number of allylic oxidation sites excluding steroid dienone is 1. The molecule has 0 saturated carbocycles.